The second-order valence-corrected chi connectivity index (χ2v) is 1.54. The molecule has 0 aromatic carbocycles. The van der Waals surface area contributed by atoms with Gasteiger partial charge in [-0.05, 0) is 11.0 Å². The van der Waals surface area contributed by atoms with Gasteiger partial charge in [-0.25, -0.2) is 4.57 Å². The Hall–Kier alpha value is 2.21. The Morgan fingerprint density at radius 2 is 1.25 bits per heavy atom. The molecule has 0 unspecified atom stereocenters. The first-order valence-corrected chi connectivity index (χ1v) is 2.35. The zero-order valence-electron chi connectivity index (χ0n) is 4.70. The molecule has 0 bridgehead atoms. The van der Waals surface area contributed by atoms with E-state index in [0.29, 0.717) is 0 Å². The van der Waals surface area contributed by atoms with Crippen LogP contribution in [0.3, 0.4) is 0 Å². The zero-order chi connectivity index (χ0) is 4.50. The van der Waals surface area contributed by atoms with Crippen molar-refractivity contribution in [2.75, 3.05) is 0 Å². The third kappa shape index (κ3) is 87.4. The van der Waals surface area contributed by atoms with Gasteiger partial charge in [0.15, 0.2) is 0 Å². The number of phosphoric acid groups is 1. The Labute approximate surface area is 94.2 Å². The van der Waals surface area contributed by atoms with Crippen LogP contribution < -0.4 is 29.6 Å². The van der Waals surface area contributed by atoms with Gasteiger partial charge in [0.05, 0.1) is 0 Å². The van der Waals surface area contributed by atoms with E-state index in [1.54, 1.807) is 0 Å². The van der Waals surface area contributed by atoms with E-state index in [4.69, 9.17) is 19.2 Å². The van der Waals surface area contributed by atoms with Gasteiger partial charge in [-0.15, -0.1) is 0 Å². The van der Waals surface area contributed by atoms with Crippen molar-refractivity contribution in [2.24, 2.45) is 0 Å². The third-order valence-corrected chi connectivity index (χ3v) is 0. The number of rotatable bonds is 0. The minimum atomic E-state index is -4.64. The summed E-state index contributed by atoms with van der Waals surface area (Å²) in [6.07, 6.45) is 0. The standard InChI is InChI=1S/Na.H3O4P.H4Si.Zr.H/c;1-5(2,3)4;;;/h;(H3,1,2,3,4);1H4;;/q+1;;;;-1. The molecule has 0 aromatic rings. The van der Waals surface area contributed by atoms with Crippen molar-refractivity contribution in [2.45, 2.75) is 0 Å². The molecule has 0 aliphatic carbocycles. The molecule has 0 fully saturated rings. The Morgan fingerprint density at radius 3 is 1.25 bits per heavy atom. The molecule has 8 heavy (non-hydrogen) atoms. The molecule has 3 N–H and O–H groups in total. The van der Waals surface area contributed by atoms with Gasteiger partial charge in [-0.1, -0.05) is 0 Å². The molecule has 0 saturated heterocycles. The molecule has 0 radical (unpaired) electrons. The summed E-state index contributed by atoms with van der Waals surface area (Å²) < 4.78 is 8.88. The molecule has 4 nitrogen and oxygen atoms in total. The summed E-state index contributed by atoms with van der Waals surface area (Å²) in [7, 11) is -4.64. The first kappa shape index (κ1) is 22.5. The summed E-state index contributed by atoms with van der Waals surface area (Å²) in [6.45, 7) is 0. The monoisotopic (exact) mass is 244 g/mol. The first-order valence-electron chi connectivity index (χ1n) is 0.783. The van der Waals surface area contributed by atoms with Crippen LogP contribution in [0.5, 0.6) is 0 Å². The molecular weight excluding hydrogens is 237 g/mol. The second-order valence-electron chi connectivity index (χ2n) is 0.513. The predicted octanol–water partition coefficient (Wildman–Crippen LogP) is -5.27. The first-order chi connectivity index (χ1) is 2.00. The summed E-state index contributed by atoms with van der Waals surface area (Å²) in [5.74, 6) is 0. The minimum Gasteiger partial charge on any atom is -1.00 e. The van der Waals surface area contributed by atoms with E-state index in [-0.39, 0.29) is 68.2 Å². The maximum Gasteiger partial charge on any atom is 1.00 e. The van der Waals surface area contributed by atoms with Crippen molar-refractivity contribution in [3.8, 4) is 0 Å². The Balaban J connectivity index is -0.0000000133. The molecule has 0 spiro atoms. The van der Waals surface area contributed by atoms with Crippen LogP contribution in [0.4, 0.5) is 0 Å². The van der Waals surface area contributed by atoms with Crippen LogP contribution in [-0.2, 0) is 30.8 Å². The van der Waals surface area contributed by atoms with Crippen molar-refractivity contribution in [3.05, 3.63) is 0 Å². The Morgan fingerprint density at radius 1 is 1.25 bits per heavy atom. The van der Waals surface area contributed by atoms with Crippen LogP contribution in [0, 0.1) is 0 Å². The molecule has 0 heterocycles. The molecule has 0 aromatic heterocycles. The van der Waals surface area contributed by atoms with E-state index in [2.05, 4.69) is 0 Å². The van der Waals surface area contributed by atoms with Crippen molar-refractivity contribution in [3.63, 3.8) is 0 Å². The van der Waals surface area contributed by atoms with Gasteiger partial charge < -0.3 is 16.1 Å². The van der Waals surface area contributed by atoms with Crippen molar-refractivity contribution in [1.29, 1.82) is 0 Å². The van der Waals surface area contributed by atoms with E-state index in [0.717, 1.165) is 0 Å². The van der Waals surface area contributed by atoms with Gasteiger partial charge >= 0.3 is 37.4 Å². The molecule has 8 heteroatoms. The maximum absolute atomic E-state index is 8.88. The number of hydrogen-bond donors (Lipinski definition) is 3. The molecule has 0 amide bonds. The average molecular weight is 245 g/mol. The summed E-state index contributed by atoms with van der Waals surface area (Å²) >= 11 is 0. The minimum absolute atomic E-state index is 0. The van der Waals surface area contributed by atoms with Gasteiger partial charge in [-0.3, -0.25) is 0 Å². The fourth-order valence-corrected chi connectivity index (χ4v) is 0. The van der Waals surface area contributed by atoms with Gasteiger partial charge in [0.1, 0.15) is 0 Å². The maximum atomic E-state index is 8.88. The van der Waals surface area contributed by atoms with Gasteiger partial charge in [0, 0.05) is 26.2 Å². The Kier molecular flexibility index (Phi) is 25.9. The van der Waals surface area contributed by atoms with Crippen LogP contribution in [0.25, 0.3) is 0 Å². The van der Waals surface area contributed by atoms with E-state index in [1.165, 1.54) is 0 Å². The molecule has 0 saturated carbocycles. The molecule has 0 aliphatic rings. The largest absolute Gasteiger partial charge is 1.00 e. The molecule has 0 aliphatic heterocycles. The summed E-state index contributed by atoms with van der Waals surface area (Å²) in [6, 6.07) is 0. The summed E-state index contributed by atoms with van der Waals surface area (Å²) in [4.78, 5) is 21.6. The smallest absolute Gasteiger partial charge is 1.00 e. The van der Waals surface area contributed by atoms with Crippen LogP contribution in [0.2, 0.25) is 0 Å². The van der Waals surface area contributed by atoms with E-state index in [1.807, 2.05) is 0 Å². The van der Waals surface area contributed by atoms with E-state index in [9.17, 15) is 0 Å². The normalized spacial score (nSPS) is 7.38. The van der Waals surface area contributed by atoms with E-state index < -0.39 is 7.82 Å². The topological polar surface area (TPSA) is 77.8 Å². The van der Waals surface area contributed by atoms with Crippen molar-refractivity contribution >= 4 is 18.8 Å². The van der Waals surface area contributed by atoms with Crippen LogP contribution in [0.15, 0.2) is 0 Å². The van der Waals surface area contributed by atoms with Crippen molar-refractivity contribution in [1.82, 2.24) is 0 Å². The third-order valence-electron chi connectivity index (χ3n) is 0. The fraction of sp³-hybridized carbons (Fsp3) is 0. The van der Waals surface area contributed by atoms with Gasteiger partial charge in [0.2, 0.25) is 0 Å². The molecule has 0 rings (SSSR count). The second kappa shape index (κ2) is 9.21. The summed E-state index contributed by atoms with van der Waals surface area (Å²) in [5.41, 5.74) is 0. The van der Waals surface area contributed by atoms with Crippen LogP contribution in [0.1, 0.15) is 1.43 Å². The predicted molar refractivity (Wildman–Crippen MR) is 26.7 cm³/mol. The summed E-state index contributed by atoms with van der Waals surface area (Å²) in [5, 5.41) is 0. The molecule has 0 atom stereocenters. The van der Waals surface area contributed by atoms with Crippen molar-refractivity contribution < 1.29 is 76.4 Å². The van der Waals surface area contributed by atoms with Crippen LogP contribution in [-0.4, -0.2) is 25.6 Å². The quantitative estimate of drug-likeness (QED) is 0.294. The van der Waals surface area contributed by atoms with Gasteiger partial charge in [0.25, 0.3) is 0 Å². The fourth-order valence-electron chi connectivity index (χ4n) is 0. The SMILES string of the molecule is O=P(O)(O)O.[H-].[Na+].[SiH4].[Zr]. The molecular formula is H8NaO4PSiZr. The Bertz CT molecular complexity index is 66.7. The molecule has 46 valence electrons. The van der Waals surface area contributed by atoms with Gasteiger partial charge in [-0.2, -0.15) is 0 Å². The van der Waals surface area contributed by atoms with Crippen LogP contribution >= 0.6 is 7.82 Å². The average Bonchev–Trinajstić information content (AvgIpc) is 0.722. The zero-order valence-corrected chi connectivity index (χ0v) is 9.05. The number of hydrogen-bond acceptors (Lipinski definition) is 1. The van der Waals surface area contributed by atoms with E-state index >= 15 is 0 Å².